The summed E-state index contributed by atoms with van der Waals surface area (Å²) in [6, 6.07) is 28.0. The minimum atomic E-state index is -0.710. The van der Waals surface area contributed by atoms with E-state index in [1.54, 1.807) is 6.92 Å². The topological polar surface area (TPSA) is 51.1 Å². The van der Waals surface area contributed by atoms with Gasteiger partial charge in [-0.25, -0.2) is 14.9 Å². The highest BCUT2D eigenvalue weighted by molar-refractivity contribution is 6.18. The van der Waals surface area contributed by atoms with Crippen LogP contribution in [-0.4, -0.2) is 24.4 Å². The molecule has 0 spiro atoms. The number of esters is 1. The SMILES string of the molecule is CCOC(=O)[C@@H]1C[C@]2(c3ccccc3)C(=Nc3ccccc3)c3ccccc3N2O1. The molecule has 150 valence electrons. The van der Waals surface area contributed by atoms with Crippen LogP contribution in [0.1, 0.15) is 24.5 Å². The van der Waals surface area contributed by atoms with Crippen molar-refractivity contribution in [3.8, 4) is 0 Å². The summed E-state index contributed by atoms with van der Waals surface area (Å²) in [5.74, 6) is -0.348. The van der Waals surface area contributed by atoms with Crippen LogP contribution in [0.25, 0.3) is 0 Å². The Labute approximate surface area is 175 Å². The van der Waals surface area contributed by atoms with Crippen LogP contribution in [0.15, 0.2) is 89.9 Å². The van der Waals surface area contributed by atoms with Gasteiger partial charge in [0.25, 0.3) is 0 Å². The number of aliphatic imine (C=N–C) groups is 1. The molecule has 0 saturated carbocycles. The lowest BCUT2D eigenvalue weighted by molar-refractivity contribution is -0.154. The van der Waals surface area contributed by atoms with Crippen molar-refractivity contribution < 1.29 is 14.4 Å². The summed E-state index contributed by atoms with van der Waals surface area (Å²) in [5.41, 5.74) is 3.97. The van der Waals surface area contributed by atoms with Gasteiger partial charge in [0.2, 0.25) is 0 Å². The summed E-state index contributed by atoms with van der Waals surface area (Å²) in [5, 5.41) is 1.86. The van der Waals surface area contributed by atoms with Crippen molar-refractivity contribution in [3.05, 3.63) is 96.1 Å². The quantitative estimate of drug-likeness (QED) is 0.593. The van der Waals surface area contributed by atoms with Crippen molar-refractivity contribution in [1.29, 1.82) is 0 Å². The molecule has 2 heterocycles. The van der Waals surface area contributed by atoms with E-state index in [2.05, 4.69) is 18.2 Å². The van der Waals surface area contributed by atoms with E-state index in [9.17, 15) is 4.79 Å². The van der Waals surface area contributed by atoms with Gasteiger partial charge in [-0.1, -0.05) is 66.7 Å². The van der Waals surface area contributed by atoms with Crippen LogP contribution >= 0.6 is 0 Å². The molecule has 0 radical (unpaired) electrons. The molecule has 0 unspecified atom stereocenters. The van der Waals surface area contributed by atoms with E-state index in [0.717, 1.165) is 28.2 Å². The molecule has 3 aromatic carbocycles. The Balaban J connectivity index is 1.73. The minimum absolute atomic E-state index is 0.318. The number of carbonyl (C=O) groups excluding carboxylic acids is 1. The molecule has 2 aliphatic rings. The summed E-state index contributed by atoms with van der Waals surface area (Å²) in [6.45, 7) is 2.12. The summed E-state index contributed by atoms with van der Waals surface area (Å²) >= 11 is 0. The number of hydroxylamine groups is 1. The normalized spacial score (nSPS) is 23.3. The second-order valence-electron chi connectivity index (χ2n) is 7.38. The zero-order chi connectivity index (χ0) is 20.6. The Morgan fingerprint density at radius 1 is 1.03 bits per heavy atom. The molecule has 1 fully saturated rings. The number of rotatable bonds is 4. The van der Waals surface area contributed by atoms with Gasteiger partial charge in [-0.3, -0.25) is 4.84 Å². The average Bonchev–Trinajstić information content (AvgIpc) is 3.31. The van der Waals surface area contributed by atoms with Gasteiger partial charge < -0.3 is 4.74 Å². The van der Waals surface area contributed by atoms with Crippen LogP contribution in [0, 0.1) is 0 Å². The largest absolute Gasteiger partial charge is 0.464 e. The van der Waals surface area contributed by atoms with Gasteiger partial charge >= 0.3 is 5.97 Å². The molecular formula is C25H22N2O3. The van der Waals surface area contributed by atoms with E-state index in [4.69, 9.17) is 14.6 Å². The van der Waals surface area contributed by atoms with Crippen LogP contribution in [0.4, 0.5) is 11.4 Å². The highest BCUT2D eigenvalue weighted by Crippen LogP contribution is 2.53. The average molecular weight is 398 g/mol. The van der Waals surface area contributed by atoms with Crippen molar-refractivity contribution in [3.63, 3.8) is 0 Å². The van der Waals surface area contributed by atoms with E-state index < -0.39 is 11.6 Å². The number of benzene rings is 3. The van der Waals surface area contributed by atoms with E-state index >= 15 is 0 Å². The third-order valence-corrected chi connectivity index (χ3v) is 5.63. The van der Waals surface area contributed by atoms with Gasteiger partial charge in [0.15, 0.2) is 6.10 Å². The van der Waals surface area contributed by atoms with E-state index in [1.165, 1.54) is 0 Å². The summed E-state index contributed by atoms with van der Waals surface area (Å²) in [4.78, 5) is 23.9. The van der Waals surface area contributed by atoms with Gasteiger partial charge in [0, 0.05) is 12.0 Å². The Hall–Kier alpha value is -3.44. The van der Waals surface area contributed by atoms with Crippen molar-refractivity contribution in [1.82, 2.24) is 0 Å². The predicted molar refractivity (Wildman–Crippen MR) is 116 cm³/mol. The monoisotopic (exact) mass is 398 g/mol. The van der Waals surface area contributed by atoms with Crippen LogP contribution in [-0.2, 0) is 19.9 Å². The fraction of sp³-hybridized carbons (Fsp3) is 0.200. The smallest absolute Gasteiger partial charge is 0.338 e. The third-order valence-electron chi connectivity index (χ3n) is 5.63. The van der Waals surface area contributed by atoms with E-state index in [0.29, 0.717) is 13.0 Å². The molecule has 1 saturated heterocycles. The Bertz CT molecular complexity index is 1100. The molecule has 2 atom stereocenters. The lowest BCUT2D eigenvalue weighted by atomic mass is 9.81. The Morgan fingerprint density at radius 3 is 2.43 bits per heavy atom. The maximum absolute atomic E-state index is 12.6. The lowest BCUT2D eigenvalue weighted by Gasteiger charge is -2.32. The lowest BCUT2D eigenvalue weighted by Crippen LogP contribution is -2.42. The van der Waals surface area contributed by atoms with Crippen molar-refractivity contribution >= 4 is 23.1 Å². The number of fused-ring (bicyclic) bond motifs is 3. The molecule has 5 heteroatoms. The fourth-order valence-corrected chi connectivity index (χ4v) is 4.37. The predicted octanol–water partition coefficient (Wildman–Crippen LogP) is 4.79. The van der Waals surface area contributed by atoms with E-state index in [-0.39, 0.29) is 5.97 Å². The van der Waals surface area contributed by atoms with Gasteiger partial charge in [-0.05, 0) is 30.7 Å². The number of anilines is 1. The standard InChI is InChI=1S/C25H22N2O3/c1-2-29-24(28)22-17-25(18-11-5-3-6-12-18)23(26-19-13-7-4-8-14-19)20-15-9-10-16-21(20)27(25)30-22/h3-16,22H,2,17H2,1H3/t22-,25-/m0/s1. The summed E-state index contributed by atoms with van der Waals surface area (Å²) in [6.07, 6.45) is -0.268. The van der Waals surface area contributed by atoms with Crippen LogP contribution in [0.3, 0.4) is 0 Å². The molecule has 0 amide bonds. The number of hydrogen-bond donors (Lipinski definition) is 0. The van der Waals surface area contributed by atoms with Gasteiger partial charge in [0.1, 0.15) is 5.54 Å². The number of para-hydroxylation sites is 2. The highest BCUT2D eigenvalue weighted by atomic mass is 16.7. The van der Waals surface area contributed by atoms with Gasteiger partial charge in [0.05, 0.1) is 23.7 Å². The first kappa shape index (κ1) is 18.6. The molecule has 0 N–H and O–H groups in total. The molecule has 30 heavy (non-hydrogen) atoms. The fourth-order valence-electron chi connectivity index (χ4n) is 4.37. The zero-order valence-corrected chi connectivity index (χ0v) is 16.7. The first-order valence-electron chi connectivity index (χ1n) is 10.2. The number of nitrogens with zero attached hydrogens (tertiary/aromatic N) is 2. The molecular weight excluding hydrogens is 376 g/mol. The van der Waals surface area contributed by atoms with Crippen molar-refractivity contribution in [2.24, 2.45) is 4.99 Å². The first-order valence-corrected chi connectivity index (χ1v) is 10.2. The molecule has 5 rings (SSSR count). The van der Waals surface area contributed by atoms with Crippen molar-refractivity contribution in [2.45, 2.75) is 25.0 Å². The van der Waals surface area contributed by atoms with E-state index in [1.807, 2.05) is 71.8 Å². The molecule has 3 aromatic rings. The van der Waals surface area contributed by atoms with Crippen LogP contribution in [0.2, 0.25) is 0 Å². The maximum atomic E-state index is 12.6. The summed E-state index contributed by atoms with van der Waals surface area (Å²) < 4.78 is 5.28. The zero-order valence-electron chi connectivity index (χ0n) is 16.7. The van der Waals surface area contributed by atoms with Crippen molar-refractivity contribution in [2.75, 3.05) is 11.7 Å². The first-order chi connectivity index (χ1) is 14.7. The maximum Gasteiger partial charge on any atom is 0.338 e. The van der Waals surface area contributed by atoms with Crippen LogP contribution < -0.4 is 5.06 Å². The Morgan fingerprint density at radius 2 is 1.70 bits per heavy atom. The molecule has 0 aromatic heterocycles. The molecule has 0 bridgehead atoms. The number of hydrogen-bond acceptors (Lipinski definition) is 5. The number of carbonyl (C=O) groups is 1. The van der Waals surface area contributed by atoms with Gasteiger partial charge in [-0.2, -0.15) is 0 Å². The third kappa shape index (κ3) is 2.82. The highest BCUT2D eigenvalue weighted by Gasteiger charge is 2.59. The van der Waals surface area contributed by atoms with Crippen LogP contribution in [0.5, 0.6) is 0 Å². The Kier molecular flexibility index (Phi) is 4.60. The number of ether oxygens (including phenoxy) is 1. The molecule has 0 aliphatic carbocycles. The second-order valence-corrected chi connectivity index (χ2v) is 7.38. The minimum Gasteiger partial charge on any atom is -0.464 e. The van der Waals surface area contributed by atoms with Gasteiger partial charge in [-0.15, -0.1) is 0 Å². The molecule has 2 aliphatic heterocycles. The second kappa shape index (κ2) is 7.43. The summed E-state index contributed by atoms with van der Waals surface area (Å²) in [7, 11) is 0. The molecule has 5 nitrogen and oxygen atoms in total.